The van der Waals surface area contributed by atoms with Crippen molar-refractivity contribution in [1.29, 1.82) is 0 Å². The Bertz CT molecular complexity index is 1310. The number of halogens is 1. The lowest BCUT2D eigenvalue weighted by Gasteiger charge is -2.12. The fraction of sp³-hybridized carbons (Fsp3) is 0.250. The van der Waals surface area contributed by atoms with Crippen LogP contribution in [0.1, 0.15) is 28.8 Å². The summed E-state index contributed by atoms with van der Waals surface area (Å²) >= 11 is 1.63. The van der Waals surface area contributed by atoms with Gasteiger partial charge in [0.15, 0.2) is 0 Å². The molecule has 0 saturated heterocycles. The maximum atomic E-state index is 13.1. The zero-order valence-corrected chi connectivity index (χ0v) is 17.9. The minimum atomic E-state index is -0.312. The Labute approximate surface area is 182 Å². The number of fused-ring (bicyclic) bond motifs is 3. The molecule has 5 nitrogen and oxygen atoms in total. The molecule has 1 aliphatic rings. The molecule has 0 bridgehead atoms. The SMILES string of the molecule is COc1ccc(-c2nc3sc4c(c3c(=O)[nH]2)CCCC4)cc1COc1ccc(F)cc1. The van der Waals surface area contributed by atoms with Gasteiger partial charge in [0.1, 0.15) is 34.6 Å². The molecule has 0 aliphatic heterocycles. The van der Waals surface area contributed by atoms with Crippen LogP contribution in [0.2, 0.25) is 0 Å². The second kappa shape index (κ2) is 8.15. The molecule has 31 heavy (non-hydrogen) atoms. The minimum absolute atomic E-state index is 0.0840. The molecule has 0 radical (unpaired) electrons. The van der Waals surface area contributed by atoms with Gasteiger partial charge in [0.2, 0.25) is 0 Å². The van der Waals surface area contributed by atoms with Crippen molar-refractivity contribution in [1.82, 2.24) is 9.97 Å². The van der Waals surface area contributed by atoms with Gasteiger partial charge in [-0.05, 0) is 73.7 Å². The summed E-state index contributed by atoms with van der Waals surface area (Å²) in [6, 6.07) is 11.5. The second-order valence-electron chi connectivity index (χ2n) is 7.57. The molecule has 0 spiro atoms. The summed E-state index contributed by atoms with van der Waals surface area (Å²) in [5.74, 6) is 1.45. The van der Waals surface area contributed by atoms with E-state index in [2.05, 4.69) is 4.98 Å². The van der Waals surface area contributed by atoms with Crippen LogP contribution in [0.25, 0.3) is 21.6 Å². The number of hydrogen-bond donors (Lipinski definition) is 1. The third kappa shape index (κ3) is 3.81. The normalized spacial score (nSPS) is 13.2. The van der Waals surface area contributed by atoms with Crippen LogP contribution >= 0.6 is 11.3 Å². The van der Waals surface area contributed by atoms with Crippen LogP contribution in [-0.4, -0.2) is 17.1 Å². The Morgan fingerprint density at radius 3 is 2.74 bits per heavy atom. The molecule has 0 fully saturated rings. The molecule has 5 rings (SSSR count). The number of aromatic nitrogens is 2. The van der Waals surface area contributed by atoms with Crippen molar-refractivity contribution in [3.8, 4) is 22.9 Å². The summed E-state index contributed by atoms with van der Waals surface area (Å²) in [6.45, 7) is 0.239. The molecule has 0 saturated carbocycles. The number of hydrogen-bond acceptors (Lipinski definition) is 5. The van der Waals surface area contributed by atoms with Crippen molar-refractivity contribution in [3.05, 3.63) is 74.6 Å². The van der Waals surface area contributed by atoms with Gasteiger partial charge in [-0.2, -0.15) is 0 Å². The van der Waals surface area contributed by atoms with E-state index < -0.39 is 0 Å². The van der Waals surface area contributed by atoms with Crippen LogP contribution in [0.3, 0.4) is 0 Å². The Kier molecular flexibility index (Phi) is 5.19. The molecular formula is C24H21FN2O3S. The fourth-order valence-electron chi connectivity index (χ4n) is 4.03. The predicted molar refractivity (Wildman–Crippen MR) is 120 cm³/mol. The van der Waals surface area contributed by atoms with E-state index in [1.807, 2.05) is 18.2 Å². The third-order valence-corrected chi connectivity index (χ3v) is 6.77. The van der Waals surface area contributed by atoms with Crippen LogP contribution in [-0.2, 0) is 19.4 Å². The van der Waals surface area contributed by atoms with E-state index in [0.29, 0.717) is 17.3 Å². The lowest BCUT2D eigenvalue weighted by atomic mass is 9.97. The van der Waals surface area contributed by atoms with Gasteiger partial charge >= 0.3 is 0 Å². The van der Waals surface area contributed by atoms with Crippen LogP contribution in [0.15, 0.2) is 47.3 Å². The number of H-pyrrole nitrogens is 1. The number of benzene rings is 2. The fourth-order valence-corrected chi connectivity index (χ4v) is 5.29. The van der Waals surface area contributed by atoms with Crippen molar-refractivity contribution < 1.29 is 13.9 Å². The summed E-state index contributed by atoms with van der Waals surface area (Å²) in [4.78, 5) is 22.7. The molecule has 0 amide bonds. The van der Waals surface area contributed by atoms with Crippen molar-refractivity contribution in [2.45, 2.75) is 32.3 Å². The average molecular weight is 437 g/mol. The molecule has 1 N–H and O–H groups in total. The quantitative estimate of drug-likeness (QED) is 0.464. The molecule has 2 heterocycles. The number of ether oxygens (including phenoxy) is 2. The van der Waals surface area contributed by atoms with E-state index >= 15 is 0 Å². The summed E-state index contributed by atoms with van der Waals surface area (Å²) in [6.07, 6.45) is 4.27. The lowest BCUT2D eigenvalue weighted by Crippen LogP contribution is -2.11. The molecule has 4 aromatic rings. The zero-order chi connectivity index (χ0) is 21.4. The number of rotatable bonds is 5. The number of nitrogens with zero attached hydrogens (tertiary/aromatic N) is 1. The molecule has 0 unspecified atom stereocenters. The average Bonchev–Trinajstić information content (AvgIpc) is 3.17. The van der Waals surface area contributed by atoms with Gasteiger partial charge in [-0.1, -0.05) is 0 Å². The monoisotopic (exact) mass is 436 g/mol. The molecule has 1 aliphatic carbocycles. The first kappa shape index (κ1) is 19.8. The molecular weight excluding hydrogens is 415 g/mol. The highest BCUT2D eigenvalue weighted by Crippen LogP contribution is 2.34. The number of methoxy groups -OCH3 is 1. The maximum absolute atomic E-state index is 13.1. The van der Waals surface area contributed by atoms with Gasteiger partial charge in [-0.25, -0.2) is 9.37 Å². The Balaban J connectivity index is 1.50. The number of aryl methyl sites for hydroxylation is 2. The van der Waals surface area contributed by atoms with Gasteiger partial charge < -0.3 is 14.5 Å². The lowest BCUT2D eigenvalue weighted by molar-refractivity contribution is 0.296. The summed E-state index contributed by atoms with van der Waals surface area (Å²) < 4.78 is 24.4. The third-order valence-electron chi connectivity index (χ3n) is 5.59. The zero-order valence-electron chi connectivity index (χ0n) is 17.0. The number of nitrogens with one attached hydrogen (secondary N) is 1. The predicted octanol–water partition coefficient (Wildman–Crippen LogP) is 5.26. The first-order valence-corrected chi connectivity index (χ1v) is 11.0. The van der Waals surface area contributed by atoms with E-state index in [1.165, 1.54) is 29.0 Å². The van der Waals surface area contributed by atoms with E-state index in [9.17, 15) is 9.18 Å². The highest BCUT2D eigenvalue weighted by Gasteiger charge is 2.20. The van der Waals surface area contributed by atoms with E-state index in [4.69, 9.17) is 14.5 Å². The topological polar surface area (TPSA) is 64.2 Å². The van der Waals surface area contributed by atoms with Gasteiger partial charge in [0.05, 0.1) is 12.5 Å². The van der Waals surface area contributed by atoms with Gasteiger partial charge in [0, 0.05) is 16.0 Å². The highest BCUT2D eigenvalue weighted by atomic mass is 32.1. The molecule has 2 aromatic heterocycles. The molecule has 158 valence electrons. The Morgan fingerprint density at radius 1 is 1.13 bits per heavy atom. The van der Waals surface area contributed by atoms with E-state index in [0.717, 1.165) is 40.6 Å². The summed E-state index contributed by atoms with van der Waals surface area (Å²) in [5, 5.41) is 0.747. The highest BCUT2D eigenvalue weighted by molar-refractivity contribution is 7.18. The van der Waals surface area contributed by atoms with Crippen molar-refractivity contribution in [3.63, 3.8) is 0 Å². The van der Waals surface area contributed by atoms with E-state index in [-0.39, 0.29) is 18.0 Å². The van der Waals surface area contributed by atoms with Gasteiger partial charge in [-0.3, -0.25) is 4.79 Å². The van der Waals surface area contributed by atoms with Crippen molar-refractivity contribution in [2.75, 3.05) is 7.11 Å². The Hall–Kier alpha value is -3.19. The minimum Gasteiger partial charge on any atom is -0.496 e. The largest absolute Gasteiger partial charge is 0.496 e. The van der Waals surface area contributed by atoms with Gasteiger partial charge in [0.25, 0.3) is 5.56 Å². The first-order chi connectivity index (χ1) is 15.1. The molecule has 0 atom stereocenters. The van der Waals surface area contributed by atoms with Crippen molar-refractivity contribution >= 4 is 21.6 Å². The summed E-state index contributed by atoms with van der Waals surface area (Å²) in [5.41, 5.74) is 2.68. The maximum Gasteiger partial charge on any atom is 0.260 e. The van der Waals surface area contributed by atoms with Crippen LogP contribution < -0.4 is 15.0 Å². The van der Waals surface area contributed by atoms with Crippen LogP contribution in [0, 0.1) is 5.82 Å². The Morgan fingerprint density at radius 2 is 1.94 bits per heavy atom. The smallest absolute Gasteiger partial charge is 0.260 e. The van der Waals surface area contributed by atoms with E-state index in [1.54, 1.807) is 30.6 Å². The van der Waals surface area contributed by atoms with Crippen LogP contribution in [0.4, 0.5) is 4.39 Å². The van der Waals surface area contributed by atoms with Gasteiger partial charge in [-0.15, -0.1) is 11.3 Å². The molecule has 7 heteroatoms. The first-order valence-electron chi connectivity index (χ1n) is 10.2. The molecule has 2 aromatic carbocycles. The standard InChI is InChI=1S/C24H21FN2O3S/c1-29-19-11-6-14(12-15(19)13-30-17-9-7-16(25)8-10-17)22-26-23(28)21-18-4-2-3-5-20(18)31-24(21)27-22/h6-12H,2-5,13H2,1H3,(H,26,27,28). The van der Waals surface area contributed by atoms with Crippen molar-refractivity contribution in [2.24, 2.45) is 0 Å². The number of thiophene rings is 1. The second-order valence-corrected chi connectivity index (χ2v) is 8.66. The summed E-state index contributed by atoms with van der Waals surface area (Å²) in [7, 11) is 1.60. The number of aromatic amines is 1. The van der Waals surface area contributed by atoms with Crippen LogP contribution in [0.5, 0.6) is 11.5 Å².